The summed E-state index contributed by atoms with van der Waals surface area (Å²) in [5, 5.41) is 31.2. The van der Waals surface area contributed by atoms with Crippen LogP contribution in [0.15, 0.2) is 390 Å². The molecule has 20 rings (SSSR count). The second-order valence-corrected chi connectivity index (χ2v) is 38.3. The first kappa shape index (κ1) is 106. The zero-order valence-electron chi connectivity index (χ0n) is 74.3. The molecule has 0 saturated heterocycles. The van der Waals surface area contributed by atoms with Gasteiger partial charge in [0.2, 0.25) is 0 Å². The number of nitrogens with zero attached hydrogens (tertiary/aromatic N) is 11. The number of nitrogens with two attached hydrogens (primary N) is 1. The SMILES string of the molecule is C.C.COC(c1ccc(CNc2ccc(Cl)cc2)nc1)c1c[nH]c2ncccc12.Clc1ccc(NCc2ccc(Br)cn2)cc1.Clc1ccc(NCc2ccc(Cc3c[nH]c4ncccc34)cn2)cc1.Nc1ccc(Cl)cc1.O=Cc1ccc(Br)cn1.O=Cc1cn(S(=O)(=O)c2ccccc2)c2ncccc12.O=S(=O)(c1ccccc1)n1cc(C(O)c2ccc(CNc3ccc(Cl)cc3)nc2)c2cccnc21. The Morgan fingerprint density at radius 2 is 0.796 bits per heavy atom. The number of halogens is 7. The van der Waals surface area contributed by atoms with Crippen molar-refractivity contribution in [3.8, 4) is 0 Å². The summed E-state index contributed by atoms with van der Waals surface area (Å²) in [6, 6.07) is 87.5. The summed E-state index contributed by atoms with van der Waals surface area (Å²) in [6.07, 6.45) is 23.0. The van der Waals surface area contributed by atoms with Crippen molar-refractivity contribution < 1.29 is 36.3 Å². The van der Waals surface area contributed by atoms with Gasteiger partial charge in [0.15, 0.2) is 23.9 Å². The van der Waals surface area contributed by atoms with Crippen LogP contribution in [-0.2, 0) is 57.4 Å². The molecule has 0 fully saturated rings. The number of carbonyl (C=O) groups is 2. The molecule has 13 heterocycles. The van der Waals surface area contributed by atoms with E-state index in [-0.39, 0.29) is 42.0 Å². The van der Waals surface area contributed by atoms with Crippen LogP contribution in [0.1, 0.15) is 104 Å². The average Bonchev–Trinajstić information content (AvgIpc) is 1.59. The fourth-order valence-corrected chi connectivity index (χ4v) is 17.7. The molecular weight excluding hydrogens is 2070 g/mol. The average molecular weight is 2160 g/mol. The predicted molar refractivity (Wildman–Crippen MR) is 577 cm³/mol. The van der Waals surface area contributed by atoms with E-state index in [1.54, 1.807) is 153 Å². The number of rotatable bonds is 25. The van der Waals surface area contributed by atoms with Gasteiger partial charge in [-0.3, -0.25) is 34.5 Å². The van der Waals surface area contributed by atoms with E-state index >= 15 is 0 Å². The standard InChI is InChI=1S/C26H21ClN4O3S.C21H19ClN4O.C20H17ClN4.C14H10N2O3S.C12H10BrClN2.C6H4BrNO.C6H6ClN.2CH4/c27-19-9-12-20(13-10-19)30-16-21-11-8-18(15-29-21)25(32)24-17-31(26-23(24)7-4-14-28-26)35(33,34)22-5-2-1-3-6-22;1-27-20(19-13-26-21-18(19)3-2-10-23-21)14-4-7-17(24-11-14)12-25-16-8-5-15(22)6-9-16;21-16-4-7-17(8-5-16)24-13-18-6-3-14(11-23-18)10-15-12-25-20-19(15)2-1-9-22-20;17-10-11-9-16(14-13(11)7-4-8-15-14)20(18,19)12-5-2-1-3-6-12;13-9-1-4-12(15-7-9)8-16-11-5-2-10(14)3-6-11;7-5-1-2-6(4-9)8-3-5;7-5-1-3-6(8)4-2-5;;/h1-15,17,25,30,32H,16H2;2-11,13,20,25H,12H2,1H3,(H,23,26);1-9,11-12,24H,10,13H2,(H,22,25);1-10H;1-7,16H,8H2;1-4H;1-4H,8H2;2*1H4. The highest BCUT2D eigenvalue weighted by molar-refractivity contribution is 9.10. The zero-order valence-corrected chi connectivity index (χ0v) is 82.9. The third-order valence-electron chi connectivity index (χ3n) is 21.1. The van der Waals surface area contributed by atoms with Crippen LogP contribution in [0.5, 0.6) is 0 Å². The van der Waals surface area contributed by atoms with Crippen LogP contribution in [0.2, 0.25) is 25.1 Å². The predicted octanol–water partition coefficient (Wildman–Crippen LogP) is 25.8. The highest BCUT2D eigenvalue weighted by Gasteiger charge is 2.27. The second kappa shape index (κ2) is 52.2. The Bertz CT molecular complexity index is 7620. The van der Waals surface area contributed by atoms with Crippen molar-refractivity contribution in [2.24, 2.45) is 0 Å². The van der Waals surface area contributed by atoms with Crippen LogP contribution in [-0.4, -0.2) is 104 Å². The van der Waals surface area contributed by atoms with Gasteiger partial charge in [-0.05, 0) is 280 Å². The molecular formula is C107H95Br2Cl5N18O8S2. The van der Waals surface area contributed by atoms with Gasteiger partial charge in [-0.2, -0.15) is 0 Å². The highest BCUT2D eigenvalue weighted by atomic mass is 79.9. The van der Waals surface area contributed by atoms with Crippen molar-refractivity contribution in [3.63, 3.8) is 0 Å². The number of pyridine rings is 9. The van der Waals surface area contributed by atoms with Gasteiger partial charge in [-0.1, -0.05) is 127 Å². The number of hydrogen-bond acceptors (Lipinski definition) is 22. The lowest BCUT2D eigenvalue weighted by molar-refractivity contribution is 0.111. The van der Waals surface area contributed by atoms with Gasteiger partial charge < -0.3 is 46.8 Å². The largest absolute Gasteiger partial charge is 0.399 e. The fraction of sp³-hybridized carbons (Fsp3) is 0.0935. The fourth-order valence-electron chi connectivity index (χ4n) is 13.9. The number of ether oxygens (including phenoxy) is 1. The maximum absolute atomic E-state index is 13.3. The number of hydrogen-bond donors (Lipinski definition) is 8. The van der Waals surface area contributed by atoms with Crippen molar-refractivity contribution in [2.45, 2.75) is 69.5 Å². The number of nitrogen functional groups attached to an aromatic ring is 1. The van der Waals surface area contributed by atoms with Gasteiger partial charge in [0.05, 0.1) is 58.7 Å². The number of aldehydes is 2. The van der Waals surface area contributed by atoms with Crippen molar-refractivity contribution in [3.05, 3.63) is 473 Å². The van der Waals surface area contributed by atoms with Crippen molar-refractivity contribution >= 4 is 195 Å². The van der Waals surface area contributed by atoms with Crippen molar-refractivity contribution in [2.75, 3.05) is 34.1 Å². The molecule has 2 unspecified atom stereocenters. The number of aromatic amines is 2. The van der Waals surface area contributed by atoms with Crippen LogP contribution in [0.25, 0.3) is 44.1 Å². The minimum atomic E-state index is -3.89. The summed E-state index contributed by atoms with van der Waals surface area (Å²) in [4.78, 5) is 66.5. The first-order valence-electron chi connectivity index (χ1n) is 43.0. The summed E-state index contributed by atoms with van der Waals surface area (Å²) in [5.74, 6) is 0. The molecule has 7 aromatic carbocycles. The zero-order chi connectivity index (χ0) is 98.3. The first-order valence-corrected chi connectivity index (χ1v) is 49.3. The summed E-state index contributed by atoms with van der Waals surface area (Å²) in [6.45, 7) is 2.51. The van der Waals surface area contributed by atoms with E-state index in [1.807, 2.05) is 152 Å². The number of nitrogens with one attached hydrogen (secondary N) is 6. The van der Waals surface area contributed by atoms with E-state index in [1.165, 1.54) is 60.2 Å². The molecule has 26 nitrogen and oxygen atoms in total. The van der Waals surface area contributed by atoms with Crippen LogP contribution in [0, 0.1) is 0 Å². The maximum Gasteiger partial charge on any atom is 0.269 e. The quantitative estimate of drug-likeness (QED) is 0.0195. The molecule has 0 saturated carbocycles. The third-order valence-corrected chi connectivity index (χ3v) is 26.6. The topological polar surface area (TPSA) is 363 Å². The molecule has 722 valence electrons. The molecule has 9 N–H and O–H groups in total. The smallest absolute Gasteiger partial charge is 0.269 e. The Balaban J connectivity index is 0.000000154. The van der Waals surface area contributed by atoms with E-state index in [2.05, 4.69) is 132 Å². The normalized spacial score (nSPS) is 11.2. The minimum absolute atomic E-state index is 0. The lowest BCUT2D eigenvalue weighted by Gasteiger charge is -2.15. The Morgan fingerprint density at radius 3 is 1.22 bits per heavy atom. The summed E-state index contributed by atoms with van der Waals surface area (Å²) in [5.41, 5.74) is 22.3. The molecule has 35 heteroatoms. The molecule has 0 radical (unpaired) electrons. The number of methoxy groups -OCH3 is 1. The minimum Gasteiger partial charge on any atom is -0.399 e. The molecule has 0 aliphatic heterocycles. The molecule has 0 amide bonds. The molecule has 2 atom stereocenters. The number of H-pyrrole nitrogens is 2. The van der Waals surface area contributed by atoms with E-state index < -0.39 is 26.2 Å². The summed E-state index contributed by atoms with van der Waals surface area (Å²) < 4.78 is 61.5. The second-order valence-electron chi connectivity index (χ2n) is 30.6. The maximum atomic E-state index is 13.3. The summed E-state index contributed by atoms with van der Waals surface area (Å²) in [7, 11) is -5.95. The Hall–Kier alpha value is -14.4. The number of fused-ring (bicyclic) bond motifs is 4. The number of aliphatic hydroxyl groups is 1. The molecule has 0 spiro atoms. The van der Waals surface area contributed by atoms with Gasteiger partial charge in [0, 0.05) is 206 Å². The van der Waals surface area contributed by atoms with Crippen molar-refractivity contribution in [1.29, 1.82) is 0 Å². The summed E-state index contributed by atoms with van der Waals surface area (Å²) >= 11 is 35.6. The number of carbonyl (C=O) groups excluding carboxylic acids is 2. The van der Waals surface area contributed by atoms with E-state index in [0.717, 1.165) is 128 Å². The van der Waals surface area contributed by atoms with Crippen LogP contribution in [0.3, 0.4) is 0 Å². The van der Waals surface area contributed by atoms with Gasteiger partial charge in [-0.15, -0.1) is 0 Å². The lowest BCUT2D eigenvalue weighted by atomic mass is 10.0. The number of aromatic nitrogens is 13. The van der Waals surface area contributed by atoms with E-state index in [0.29, 0.717) is 76.9 Å². The molecule has 0 bridgehead atoms. The van der Waals surface area contributed by atoms with Crippen LogP contribution in [0.4, 0.5) is 28.4 Å². The van der Waals surface area contributed by atoms with Gasteiger partial charge >= 0.3 is 0 Å². The van der Waals surface area contributed by atoms with Crippen LogP contribution < -0.4 is 27.0 Å². The van der Waals surface area contributed by atoms with E-state index in [4.69, 9.17) is 68.5 Å². The lowest BCUT2D eigenvalue weighted by Crippen LogP contribution is -2.12. The Labute approximate surface area is 863 Å². The number of aliphatic hydroxyl groups excluding tert-OH is 1. The van der Waals surface area contributed by atoms with Gasteiger partial charge in [-0.25, -0.2) is 44.7 Å². The molecule has 142 heavy (non-hydrogen) atoms. The van der Waals surface area contributed by atoms with Gasteiger partial charge in [0.1, 0.15) is 29.2 Å². The highest BCUT2D eigenvalue weighted by Crippen LogP contribution is 2.35. The third kappa shape index (κ3) is 29.4. The van der Waals surface area contributed by atoms with Crippen molar-refractivity contribution in [1.82, 2.24) is 62.8 Å². The molecule has 13 aromatic heterocycles. The number of anilines is 5. The van der Waals surface area contributed by atoms with Gasteiger partial charge in [0.25, 0.3) is 20.0 Å². The number of benzene rings is 7. The Kier molecular flexibility index (Phi) is 39.2. The molecule has 0 aliphatic rings. The van der Waals surface area contributed by atoms with Crippen LogP contribution >= 0.6 is 89.9 Å². The van der Waals surface area contributed by atoms with E-state index in [9.17, 15) is 31.5 Å². The molecule has 20 aromatic rings. The Morgan fingerprint density at radius 1 is 0.401 bits per heavy atom. The molecule has 0 aliphatic carbocycles. The monoisotopic (exact) mass is 2160 g/mol. The first-order chi connectivity index (χ1) is 67.9.